The zero-order valence-corrected chi connectivity index (χ0v) is 12.4. The molecule has 0 fully saturated rings. The van der Waals surface area contributed by atoms with Gasteiger partial charge in [0.15, 0.2) is 0 Å². The van der Waals surface area contributed by atoms with Crippen molar-refractivity contribution in [1.82, 2.24) is 0 Å². The summed E-state index contributed by atoms with van der Waals surface area (Å²) in [5.41, 5.74) is 9.24. The molecule has 0 aromatic heterocycles. The molecule has 1 aliphatic rings. The molecule has 1 amide bonds. The average molecular weight is 302 g/mol. The summed E-state index contributed by atoms with van der Waals surface area (Å²) in [6.07, 6.45) is 0. The number of anilines is 3. The maximum absolute atomic E-state index is 11.7. The monoisotopic (exact) mass is 301 g/mol. The van der Waals surface area contributed by atoms with Gasteiger partial charge in [0.1, 0.15) is 6.04 Å². The van der Waals surface area contributed by atoms with E-state index in [0.29, 0.717) is 5.02 Å². The van der Waals surface area contributed by atoms with Crippen molar-refractivity contribution in [1.29, 1.82) is 0 Å². The number of rotatable bonds is 3. The zero-order chi connectivity index (χ0) is 15.0. The highest BCUT2D eigenvalue weighted by atomic mass is 35.5. The molecule has 0 bridgehead atoms. The SMILES string of the molecule is CCN(c1ccccc1)c1cc2c(cc1Cl)C(N)C(=O)N2. The minimum atomic E-state index is -0.640. The Morgan fingerprint density at radius 2 is 2.00 bits per heavy atom. The first-order valence-corrected chi connectivity index (χ1v) is 7.22. The first-order valence-electron chi connectivity index (χ1n) is 6.84. The van der Waals surface area contributed by atoms with Gasteiger partial charge < -0.3 is 16.0 Å². The molecular formula is C16H16ClN3O. The number of nitrogens with one attached hydrogen (secondary N) is 1. The van der Waals surface area contributed by atoms with Gasteiger partial charge in [-0.25, -0.2) is 0 Å². The normalized spacial score (nSPS) is 16.5. The number of nitrogens with two attached hydrogens (primary N) is 1. The quantitative estimate of drug-likeness (QED) is 0.913. The molecule has 1 atom stereocenters. The predicted octanol–water partition coefficient (Wildman–Crippen LogP) is 3.45. The van der Waals surface area contributed by atoms with Crippen LogP contribution in [0.4, 0.5) is 17.1 Å². The van der Waals surface area contributed by atoms with Crippen LogP contribution < -0.4 is 16.0 Å². The number of para-hydroxylation sites is 1. The predicted molar refractivity (Wildman–Crippen MR) is 86.1 cm³/mol. The van der Waals surface area contributed by atoms with E-state index in [1.54, 1.807) is 6.07 Å². The smallest absolute Gasteiger partial charge is 0.245 e. The minimum Gasteiger partial charge on any atom is -0.340 e. The van der Waals surface area contributed by atoms with Crippen LogP contribution >= 0.6 is 11.6 Å². The summed E-state index contributed by atoms with van der Waals surface area (Å²) in [5.74, 6) is -0.194. The van der Waals surface area contributed by atoms with Crippen LogP contribution in [0.25, 0.3) is 0 Å². The Bertz CT molecular complexity index is 687. The Balaban J connectivity index is 2.07. The topological polar surface area (TPSA) is 58.4 Å². The van der Waals surface area contributed by atoms with Crippen LogP contribution in [0.2, 0.25) is 5.02 Å². The molecule has 3 rings (SSSR count). The highest BCUT2D eigenvalue weighted by molar-refractivity contribution is 6.34. The van der Waals surface area contributed by atoms with Crippen molar-refractivity contribution in [3.8, 4) is 0 Å². The molecule has 2 aromatic carbocycles. The number of hydrogen-bond acceptors (Lipinski definition) is 3. The molecule has 1 unspecified atom stereocenters. The first-order chi connectivity index (χ1) is 10.1. The van der Waals surface area contributed by atoms with Crippen molar-refractivity contribution >= 4 is 34.6 Å². The summed E-state index contributed by atoms with van der Waals surface area (Å²) in [6, 6.07) is 13.0. The standard InChI is InChI=1S/C16H16ClN3O/c1-2-20(10-6-4-3-5-7-10)14-9-13-11(8-12(14)17)15(18)16(21)19-13/h3-9,15H,2,18H2,1H3,(H,19,21). The van der Waals surface area contributed by atoms with Crippen LogP contribution in [-0.4, -0.2) is 12.5 Å². The maximum atomic E-state index is 11.7. The number of carbonyl (C=O) groups excluding carboxylic acids is 1. The van der Waals surface area contributed by atoms with E-state index >= 15 is 0 Å². The second kappa shape index (κ2) is 5.39. The van der Waals surface area contributed by atoms with Crippen molar-refractivity contribution in [2.75, 3.05) is 16.8 Å². The average Bonchev–Trinajstić information content (AvgIpc) is 2.76. The Hall–Kier alpha value is -2.04. The number of nitrogens with zero attached hydrogens (tertiary/aromatic N) is 1. The third kappa shape index (κ3) is 2.37. The van der Waals surface area contributed by atoms with E-state index in [1.807, 2.05) is 36.4 Å². The summed E-state index contributed by atoms with van der Waals surface area (Å²) in [6.45, 7) is 2.82. The lowest BCUT2D eigenvalue weighted by atomic mass is 10.1. The van der Waals surface area contributed by atoms with Crippen LogP contribution in [0.5, 0.6) is 0 Å². The zero-order valence-electron chi connectivity index (χ0n) is 11.6. The number of hydrogen-bond donors (Lipinski definition) is 2. The lowest BCUT2D eigenvalue weighted by Gasteiger charge is -2.25. The first kappa shape index (κ1) is 13.9. The van der Waals surface area contributed by atoms with E-state index in [-0.39, 0.29) is 5.91 Å². The molecule has 0 saturated heterocycles. The largest absolute Gasteiger partial charge is 0.340 e. The molecule has 0 radical (unpaired) electrons. The Morgan fingerprint density at radius 1 is 1.29 bits per heavy atom. The maximum Gasteiger partial charge on any atom is 0.245 e. The van der Waals surface area contributed by atoms with E-state index in [2.05, 4.69) is 17.1 Å². The van der Waals surface area contributed by atoms with Crippen molar-refractivity contribution in [2.45, 2.75) is 13.0 Å². The van der Waals surface area contributed by atoms with E-state index in [1.165, 1.54) is 0 Å². The van der Waals surface area contributed by atoms with Gasteiger partial charge in [-0.2, -0.15) is 0 Å². The summed E-state index contributed by atoms with van der Waals surface area (Å²) in [5, 5.41) is 3.39. The lowest BCUT2D eigenvalue weighted by Crippen LogP contribution is -2.19. The molecule has 4 nitrogen and oxygen atoms in total. The third-order valence-electron chi connectivity index (χ3n) is 3.67. The van der Waals surface area contributed by atoms with Crippen LogP contribution in [0.3, 0.4) is 0 Å². The van der Waals surface area contributed by atoms with Gasteiger partial charge in [0.25, 0.3) is 0 Å². The minimum absolute atomic E-state index is 0.194. The number of amides is 1. The van der Waals surface area contributed by atoms with Crippen molar-refractivity contribution < 1.29 is 4.79 Å². The fraction of sp³-hybridized carbons (Fsp3) is 0.188. The van der Waals surface area contributed by atoms with Gasteiger partial charge in [-0.3, -0.25) is 4.79 Å². The molecule has 108 valence electrons. The van der Waals surface area contributed by atoms with Gasteiger partial charge in [-0.05, 0) is 31.2 Å². The Kier molecular flexibility index (Phi) is 3.57. The van der Waals surface area contributed by atoms with Crippen molar-refractivity contribution in [3.63, 3.8) is 0 Å². The molecule has 0 saturated carbocycles. The Labute approximate surface area is 128 Å². The van der Waals surface area contributed by atoms with Crippen LogP contribution in [0.15, 0.2) is 42.5 Å². The van der Waals surface area contributed by atoms with Gasteiger partial charge in [0.2, 0.25) is 5.91 Å². The van der Waals surface area contributed by atoms with E-state index in [9.17, 15) is 4.79 Å². The Morgan fingerprint density at radius 3 is 2.67 bits per heavy atom. The van der Waals surface area contributed by atoms with Crippen LogP contribution in [-0.2, 0) is 4.79 Å². The highest BCUT2D eigenvalue weighted by Crippen LogP contribution is 2.40. The molecule has 1 heterocycles. The van der Waals surface area contributed by atoms with Gasteiger partial charge in [0, 0.05) is 23.5 Å². The molecule has 1 aliphatic heterocycles. The molecule has 2 aromatic rings. The lowest BCUT2D eigenvalue weighted by molar-refractivity contribution is -0.116. The summed E-state index contributed by atoms with van der Waals surface area (Å²) in [4.78, 5) is 13.8. The molecule has 0 aliphatic carbocycles. The second-order valence-electron chi connectivity index (χ2n) is 4.94. The molecule has 3 N–H and O–H groups in total. The summed E-state index contributed by atoms with van der Waals surface area (Å²) in [7, 11) is 0. The van der Waals surface area contributed by atoms with Crippen molar-refractivity contribution in [2.24, 2.45) is 5.73 Å². The fourth-order valence-corrected chi connectivity index (χ4v) is 2.88. The van der Waals surface area contributed by atoms with E-state index in [0.717, 1.165) is 29.2 Å². The molecule has 0 spiro atoms. The number of carbonyl (C=O) groups is 1. The van der Waals surface area contributed by atoms with Gasteiger partial charge in [-0.1, -0.05) is 29.8 Å². The van der Waals surface area contributed by atoms with Gasteiger partial charge in [0.05, 0.1) is 10.7 Å². The van der Waals surface area contributed by atoms with Crippen LogP contribution in [0.1, 0.15) is 18.5 Å². The third-order valence-corrected chi connectivity index (χ3v) is 3.97. The van der Waals surface area contributed by atoms with Gasteiger partial charge in [-0.15, -0.1) is 0 Å². The fourth-order valence-electron chi connectivity index (χ4n) is 2.60. The molecule has 5 heteroatoms. The summed E-state index contributed by atoms with van der Waals surface area (Å²) >= 11 is 6.41. The highest BCUT2D eigenvalue weighted by Gasteiger charge is 2.29. The molecular weight excluding hydrogens is 286 g/mol. The van der Waals surface area contributed by atoms with E-state index < -0.39 is 6.04 Å². The van der Waals surface area contributed by atoms with Gasteiger partial charge >= 0.3 is 0 Å². The summed E-state index contributed by atoms with van der Waals surface area (Å²) < 4.78 is 0. The van der Waals surface area contributed by atoms with E-state index in [4.69, 9.17) is 17.3 Å². The number of halogens is 1. The van der Waals surface area contributed by atoms with Crippen LogP contribution in [0, 0.1) is 0 Å². The number of benzene rings is 2. The number of fused-ring (bicyclic) bond motifs is 1. The molecule has 21 heavy (non-hydrogen) atoms. The second-order valence-corrected chi connectivity index (χ2v) is 5.34. The van der Waals surface area contributed by atoms with Crippen molar-refractivity contribution in [3.05, 3.63) is 53.1 Å².